The number of nitrogens with zero attached hydrogens (tertiary/aromatic N) is 5. The second-order valence-corrected chi connectivity index (χ2v) is 7.95. The number of aromatic nitrogens is 4. The first-order valence-corrected chi connectivity index (χ1v) is 10.6. The fourth-order valence-electron chi connectivity index (χ4n) is 4.02. The Bertz CT molecular complexity index is 1030. The lowest BCUT2D eigenvalue weighted by atomic mass is 9.97. The monoisotopic (exact) mass is 420 g/mol. The van der Waals surface area contributed by atoms with E-state index in [-0.39, 0.29) is 5.91 Å². The Morgan fingerprint density at radius 3 is 2.97 bits per heavy atom. The smallest absolute Gasteiger partial charge is 0.251 e. The zero-order valence-electron chi connectivity index (χ0n) is 18.0. The van der Waals surface area contributed by atoms with Gasteiger partial charge in [0.15, 0.2) is 0 Å². The normalized spacial score (nSPS) is 15.8. The molecule has 1 N–H and O–H groups in total. The third-order valence-corrected chi connectivity index (χ3v) is 5.62. The third kappa shape index (κ3) is 5.39. The summed E-state index contributed by atoms with van der Waals surface area (Å²) in [6.07, 6.45) is 8.14. The topological polar surface area (TPSA) is 85.2 Å². The molecule has 0 spiro atoms. The first kappa shape index (κ1) is 20.8. The largest absolute Gasteiger partial charge is 0.481 e. The molecule has 4 rings (SSSR count). The van der Waals surface area contributed by atoms with E-state index in [1.54, 1.807) is 11.8 Å². The molecule has 3 heterocycles. The number of carbonyl (C=O) groups is 1. The lowest BCUT2D eigenvalue weighted by molar-refractivity contribution is 0.0954. The van der Waals surface area contributed by atoms with Crippen molar-refractivity contribution in [1.29, 1.82) is 0 Å². The van der Waals surface area contributed by atoms with E-state index >= 15 is 0 Å². The number of benzene rings is 1. The summed E-state index contributed by atoms with van der Waals surface area (Å²) in [5.41, 5.74) is 3.01. The fourth-order valence-corrected chi connectivity index (χ4v) is 4.02. The first-order valence-electron chi connectivity index (χ1n) is 10.6. The summed E-state index contributed by atoms with van der Waals surface area (Å²) in [5, 5.41) is 7.16. The molecule has 1 saturated heterocycles. The number of anilines is 1. The number of nitrogens with one attached hydrogen (secondary N) is 1. The van der Waals surface area contributed by atoms with Crippen molar-refractivity contribution in [3.8, 4) is 5.88 Å². The highest BCUT2D eigenvalue weighted by atomic mass is 16.5. The van der Waals surface area contributed by atoms with Crippen LogP contribution in [0.25, 0.3) is 0 Å². The molecule has 31 heavy (non-hydrogen) atoms. The summed E-state index contributed by atoms with van der Waals surface area (Å²) in [7, 11) is 3.50. The predicted octanol–water partition coefficient (Wildman–Crippen LogP) is 2.26. The van der Waals surface area contributed by atoms with Gasteiger partial charge in [0.1, 0.15) is 12.1 Å². The molecule has 1 amide bonds. The maximum absolute atomic E-state index is 12.6. The van der Waals surface area contributed by atoms with E-state index < -0.39 is 0 Å². The average molecular weight is 421 g/mol. The lowest BCUT2D eigenvalue weighted by Crippen LogP contribution is -2.25. The van der Waals surface area contributed by atoms with Crippen LogP contribution in [0.2, 0.25) is 0 Å². The summed E-state index contributed by atoms with van der Waals surface area (Å²) in [6.45, 7) is 2.48. The van der Waals surface area contributed by atoms with E-state index in [2.05, 4.69) is 31.3 Å². The zero-order chi connectivity index (χ0) is 21.6. The van der Waals surface area contributed by atoms with Gasteiger partial charge in [-0.1, -0.05) is 12.1 Å². The molecule has 1 aliphatic rings. The molecular formula is C23H28N6O2. The van der Waals surface area contributed by atoms with Crippen molar-refractivity contribution in [3.05, 3.63) is 65.7 Å². The van der Waals surface area contributed by atoms with Gasteiger partial charge in [0.05, 0.1) is 13.3 Å². The highest BCUT2D eigenvalue weighted by molar-refractivity contribution is 5.94. The van der Waals surface area contributed by atoms with Crippen LogP contribution in [0, 0.1) is 5.92 Å². The molecule has 1 unspecified atom stereocenters. The number of amides is 1. The van der Waals surface area contributed by atoms with E-state index in [1.807, 2.05) is 43.7 Å². The Morgan fingerprint density at radius 1 is 1.26 bits per heavy atom. The number of methoxy groups -OCH3 is 1. The van der Waals surface area contributed by atoms with Crippen LogP contribution in [-0.4, -0.2) is 52.4 Å². The number of aryl methyl sites for hydroxylation is 1. The zero-order valence-corrected chi connectivity index (χ0v) is 18.0. The number of rotatable bonds is 8. The van der Waals surface area contributed by atoms with E-state index in [0.29, 0.717) is 23.9 Å². The second kappa shape index (κ2) is 9.59. The molecule has 162 valence electrons. The molecule has 2 aromatic heterocycles. The van der Waals surface area contributed by atoms with Crippen molar-refractivity contribution in [1.82, 2.24) is 25.1 Å². The minimum Gasteiger partial charge on any atom is -0.481 e. The predicted molar refractivity (Wildman–Crippen MR) is 118 cm³/mol. The SMILES string of the molecule is COc1cc(N2CCC(Cc3cccc(C(=O)NCCc4cnn(C)c4)c3)C2)ncn1. The van der Waals surface area contributed by atoms with E-state index in [0.717, 1.165) is 43.7 Å². The summed E-state index contributed by atoms with van der Waals surface area (Å²) in [5.74, 6) is 1.96. The molecule has 0 radical (unpaired) electrons. The second-order valence-electron chi connectivity index (χ2n) is 7.95. The van der Waals surface area contributed by atoms with Gasteiger partial charge >= 0.3 is 0 Å². The summed E-state index contributed by atoms with van der Waals surface area (Å²) >= 11 is 0. The molecule has 1 aliphatic heterocycles. The molecule has 3 aromatic rings. The van der Waals surface area contributed by atoms with Crippen molar-refractivity contribution in [2.24, 2.45) is 13.0 Å². The third-order valence-electron chi connectivity index (χ3n) is 5.62. The Hall–Kier alpha value is -3.42. The Balaban J connectivity index is 1.30. The van der Waals surface area contributed by atoms with Gasteiger partial charge < -0.3 is 15.0 Å². The van der Waals surface area contributed by atoms with Crippen LogP contribution in [0.5, 0.6) is 5.88 Å². The quantitative estimate of drug-likeness (QED) is 0.602. The summed E-state index contributed by atoms with van der Waals surface area (Å²) in [6, 6.07) is 9.82. The van der Waals surface area contributed by atoms with Gasteiger partial charge in [-0.05, 0) is 48.4 Å². The van der Waals surface area contributed by atoms with Crippen LogP contribution >= 0.6 is 0 Å². The minimum atomic E-state index is -0.0353. The minimum absolute atomic E-state index is 0.0353. The van der Waals surface area contributed by atoms with Gasteiger partial charge in [0, 0.05) is 44.5 Å². The van der Waals surface area contributed by atoms with E-state index in [9.17, 15) is 4.79 Å². The maximum atomic E-state index is 12.6. The van der Waals surface area contributed by atoms with Crippen molar-refractivity contribution in [2.45, 2.75) is 19.3 Å². The number of hydrogen-bond donors (Lipinski definition) is 1. The molecule has 0 aliphatic carbocycles. The average Bonchev–Trinajstić information content (AvgIpc) is 3.43. The van der Waals surface area contributed by atoms with Crippen LogP contribution in [0.1, 0.15) is 27.9 Å². The molecule has 1 atom stereocenters. The van der Waals surface area contributed by atoms with Gasteiger partial charge in [-0.3, -0.25) is 9.48 Å². The van der Waals surface area contributed by atoms with Crippen LogP contribution in [0.4, 0.5) is 5.82 Å². The van der Waals surface area contributed by atoms with Crippen LogP contribution in [0.15, 0.2) is 49.1 Å². The van der Waals surface area contributed by atoms with Crippen molar-refractivity contribution >= 4 is 11.7 Å². The van der Waals surface area contributed by atoms with Gasteiger partial charge in [0.2, 0.25) is 5.88 Å². The summed E-state index contributed by atoms with van der Waals surface area (Å²) < 4.78 is 6.98. The van der Waals surface area contributed by atoms with Crippen LogP contribution in [0.3, 0.4) is 0 Å². The van der Waals surface area contributed by atoms with E-state index in [4.69, 9.17) is 4.74 Å². The van der Waals surface area contributed by atoms with Gasteiger partial charge in [-0.2, -0.15) is 5.10 Å². The first-order chi connectivity index (χ1) is 15.1. The molecule has 1 fully saturated rings. The summed E-state index contributed by atoms with van der Waals surface area (Å²) in [4.78, 5) is 23.3. The Kier molecular flexibility index (Phi) is 6.45. The molecular weight excluding hydrogens is 392 g/mol. The molecule has 0 bridgehead atoms. The molecule has 8 heteroatoms. The standard InChI is InChI=1S/C23H28N6O2/c1-28-14-19(13-27-28)6-8-24-23(30)20-5-3-4-17(11-20)10-18-7-9-29(15-18)21-12-22(31-2)26-16-25-21/h3-5,11-14,16,18H,6-10,15H2,1-2H3,(H,24,30). The lowest BCUT2D eigenvalue weighted by Gasteiger charge is -2.17. The van der Waals surface area contributed by atoms with Gasteiger partial charge in [0.25, 0.3) is 5.91 Å². The van der Waals surface area contributed by atoms with E-state index in [1.165, 1.54) is 11.9 Å². The Morgan fingerprint density at radius 2 is 2.16 bits per heavy atom. The maximum Gasteiger partial charge on any atom is 0.251 e. The molecule has 8 nitrogen and oxygen atoms in total. The number of ether oxygens (including phenoxy) is 1. The Labute approximate surface area is 182 Å². The number of hydrogen-bond acceptors (Lipinski definition) is 6. The molecule has 0 saturated carbocycles. The fraction of sp³-hybridized carbons (Fsp3) is 0.391. The highest BCUT2D eigenvalue weighted by Crippen LogP contribution is 2.26. The van der Waals surface area contributed by atoms with Crippen molar-refractivity contribution < 1.29 is 9.53 Å². The molecule has 1 aromatic carbocycles. The van der Waals surface area contributed by atoms with Crippen molar-refractivity contribution in [2.75, 3.05) is 31.6 Å². The number of carbonyl (C=O) groups excluding carboxylic acids is 1. The highest BCUT2D eigenvalue weighted by Gasteiger charge is 2.24. The van der Waals surface area contributed by atoms with Gasteiger partial charge in [-0.25, -0.2) is 9.97 Å². The van der Waals surface area contributed by atoms with Crippen molar-refractivity contribution in [3.63, 3.8) is 0 Å². The van der Waals surface area contributed by atoms with Crippen LogP contribution in [-0.2, 0) is 19.9 Å². The van der Waals surface area contributed by atoms with Gasteiger partial charge in [-0.15, -0.1) is 0 Å². The van der Waals surface area contributed by atoms with Crippen LogP contribution < -0.4 is 15.0 Å².